The van der Waals surface area contributed by atoms with Crippen LogP contribution in [0.4, 0.5) is 0 Å². The molecule has 0 atom stereocenters. The predicted octanol–water partition coefficient (Wildman–Crippen LogP) is 3.64. The fourth-order valence-corrected chi connectivity index (χ4v) is 2.57. The second-order valence-electron chi connectivity index (χ2n) is 4.05. The first kappa shape index (κ1) is 12.0. The second kappa shape index (κ2) is 5.23. The Hall–Kier alpha value is -1.48. The average molecular weight is 245 g/mol. The van der Waals surface area contributed by atoms with Gasteiger partial charge >= 0.3 is 0 Å². The van der Waals surface area contributed by atoms with Crippen molar-refractivity contribution in [3.63, 3.8) is 0 Å². The third kappa shape index (κ3) is 2.61. The molecule has 0 unspecified atom stereocenters. The quantitative estimate of drug-likeness (QED) is 0.770. The molecule has 0 saturated carbocycles. The van der Waals surface area contributed by atoms with E-state index in [0.29, 0.717) is 0 Å². The molecule has 2 nitrogen and oxygen atoms in total. The van der Waals surface area contributed by atoms with Gasteiger partial charge in [-0.05, 0) is 25.0 Å². The van der Waals surface area contributed by atoms with E-state index in [1.807, 2.05) is 25.1 Å². The van der Waals surface area contributed by atoms with Crippen LogP contribution < -0.4 is 0 Å². The van der Waals surface area contributed by atoms with Crippen molar-refractivity contribution in [1.29, 1.82) is 0 Å². The number of carbonyl (C=O) groups is 1. The van der Waals surface area contributed by atoms with Crippen LogP contribution in [0, 0.1) is 6.92 Å². The number of hydrogen-bond donors (Lipinski definition) is 0. The number of carbonyl (C=O) groups excluding carboxylic acids is 1. The summed E-state index contributed by atoms with van der Waals surface area (Å²) in [5, 5.41) is 0. The van der Waals surface area contributed by atoms with Gasteiger partial charge < -0.3 is 0 Å². The summed E-state index contributed by atoms with van der Waals surface area (Å²) in [6.45, 7) is 4.02. The van der Waals surface area contributed by atoms with Crippen LogP contribution in [0.3, 0.4) is 0 Å². The molecule has 0 spiro atoms. The van der Waals surface area contributed by atoms with E-state index in [1.165, 1.54) is 16.9 Å². The molecular weight excluding hydrogens is 230 g/mol. The van der Waals surface area contributed by atoms with E-state index in [-0.39, 0.29) is 5.78 Å². The van der Waals surface area contributed by atoms with Gasteiger partial charge in [0.15, 0.2) is 0 Å². The van der Waals surface area contributed by atoms with Gasteiger partial charge in [-0.15, -0.1) is 11.3 Å². The van der Waals surface area contributed by atoms with E-state index in [2.05, 4.69) is 18.0 Å². The zero-order valence-electron chi connectivity index (χ0n) is 10.1. The molecule has 2 rings (SSSR count). The number of ketones is 1. The van der Waals surface area contributed by atoms with E-state index in [4.69, 9.17) is 0 Å². The van der Waals surface area contributed by atoms with Crippen LogP contribution in [0.2, 0.25) is 0 Å². The fourth-order valence-electron chi connectivity index (χ4n) is 1.81. The first-order chi connectivity index (χ1) is 8.22. The van der Waals surface area contributed by atoms with Gasteiger partial charge in [0, 0.05) is 5.56 Å². The van der Waals surface area contributed by atoms with Crippen LogP contribution in [0.1, 0.15) is 39.8 Å². The Balaban J connectivity index is 2.31. The first-order valence-electron chi connectivity index (χ1n) is 5.76. The lowest BCUT2D eigenvalue weighted by Gasteiger charge is -2.03. The maximum absolute atomic E-state index is 12.3. The van der Waals surface area contributed by atoms with Crippen molar-refractivity contribution in [2.75, 3.05) is 0 Å². The maximum atomic E-state index is 12.3. The summed E-state index contributed by atoms with van der Waals surface area (Å²) in [5.41, 5.74) is 4.53. The Kier molecular flexibility index (Phi) is 3.69. The molecule has 1 heterocycles. The van der Waals surface area contributed by atoms with Crippen molar-refractivity contribution in [2.24, 2.45) is 0 Å². The van der Waals surface area contributed by atoms with E-state index >= 15 is 0 Å². The van der Waals surface area contributed by atoms with Crippen LogP contribution in [-0.2, 0) is 6.42 Å². The van der Waals surface area contributed by atoms with E-state index < -0.39 is 0 Å². The Morgan fingerprint density at radius 1 is 1.41 bits per heavy atom. The summed E-state index contributed by atoms with van der Waals surface area (Å²) in [6.07, 6.45) is 2.11. The lowest BCUT2D eigenvalue weighted by atomic mass is 10.0. The number of aryl methyl sites for hydroxylation is 2. The molecule has 3 heteroatoms. The zero-order valence-corrected chi connectivity index (χ0v) is 10.9. The Morgan fingerprint density at radius 3 is 2.88 bits per heavy atom. The zero-order chi connectivity index (χ0) is 12.3. The highest BCUT2D eigenvalue weighted by Crippen LogP contribution is 2.18. The Labute approximate surface area is 105 Å². The van der Waals surface area contributed by atoms with Crippen LogP contribution >= 0.6 is 11.3 Å². The second-order valence-corrected chi connectivity index (χ2v) is 4.90. The van der Waals surface area contributed by atoms with Gasteiger partial charge in [-0.3, -0.25) is 4.79 Å². The molecule has 17 heavy (non-hydrogen) atoms. The van der Waals surface area contributed by atoms with Gasteiger partial charge in [-0.25, -0.2) is 4.98 Å². The lowest BCUT2D eigenvalue weighted by Crippen LogP contribution is -2.01. The third-order valence-corrected chi connectivity index (χ3v) is 3.61. The Morgan fingerprint density at radius 2 is 2.24 bits per heavy atom. The molecule has 1 aromatic carbocycles. The summed E-state index contributed by atoms with van der Waals surface area (Å²) in [4.78, 5) is 17.1. The average Bonchev–Trinajstić information content (AvgIpc) is 2.75. The van der Waals surface area contributed by atoms with Gasteiger partial charge in [0.25, 0.3) is 0 Å². The molecule has 0 amide bonds. The van der Waals surface area contributed by atoms with E-state index in [1.54, 1.807) is 5.51 Å². The van der Waals surface area contributed by atoms with Crippen LogP contribution in [-0.4, -0.2) is 10.8 Å². The van der Waals surface area contributed by atoms with Crippen molar-refractivity contribution in [3.8, 4) is 0 Å². The third-order valence-electron chi connectivity index (χ3n) is 2.68. The van der Waals surface area contributed by atoms with Crippen molar-refractivity contribution < 1.29 is 4.79 Å². The van der Waals surface area contributed by atoms with Gasteiger partial charge in [0.05, 0.1) is 16.1 Å². The molecule has 0 aliphatic carbocycles. The molecule has 0 N–H and O–H groups in total. The molecule has 2 aromatic rings. The highest BCUT2D eigenvalue weighted by atomic mass is 32.1. The molecule has 0 aliphatic heterocycles. The molecule has 0 bridgehead atoms. The summed E-state index contributed by atoms with van der Waals surface area (Å²) < 4.78 is 0. The minimum Gasteiger partial charge on any atom is -0.288 e. The van der Waals surface area contributed by atoms with E-state index in [0.717, 1.165) is 29.0 Å². The summed E-state index contributed by atoms with van der Waals surface area (Å²) in [6, 6.07) is 7.89. The minimum atomic E-state index is 0.0861. The van der Waals surface area contributed by atoms with Crippen molar-refractivity contribution >= 4 is 17.1 Å². The van der Waals surface area contributed by atoms with Crippen LogP contribution in [0.25, 0.3) is 0 Å². The summed E-state index contributed by atoms with van der Waals surface area (Å²) in [5.74, 6) is 0.0861. The van der Waals surface area contributed by atoms with Crippen molar-refractivity contribution in [3.05, 3.63) is 51.5 Å². The smallest absolute Gasteiger partial charge is 0.204 e. The molecule has 1 aromatic heterocycles. The first-order valence-corrected chi connectivity index (χ1v) is 6.64. The van der Waals surface area contributed by atoms with Gasteiger partial charge in [-0.2, -0.15) is 0 Å². The van der Waals surface area contributed by atoms with E-state index in [9.17, 15) is 4.79 Å². The van der Waals surface area contributed by atoms with Gasteiger partial charge in [-0.1, -0.05) is 31.5 Å². The van der Waals surface area contributed by atoms with Crippen molar-refractivity contribution in [1.82, 2.24) is 4.98 Å². The normalized spacial score (nSPS) is 10.5. The molecular formula is C14H15NOS. The largest absolute Gasteiger partial charge is 0.288 e. The maximum Gasteiger partial charge on any atom is 0.204 e. The fraction of sp³-hybridized carbons (Fsp3) is 0.286. The molecule has 0 aliphatic rings. The SMILES string of the molecule is CCCc1cccc(C(=O)c2scnc2C)c1. The van der Waals surface area contributed by atoms with Crippen LogP contribution in [0.5, 0.6) is 0 Å². The molecule has 0 radical (unpaired) electrons. The molecule has 0 fully saturated rings. The number of thiazole rings is 1. The highest BCUT2D eigenvalue weighted by molar-refractivity contribution is 7.12. The molecule has 0 saturated heterocycles. The topological polar surface area (TPSA) is 30.0 Å². The summed E-state index contributed by atoms with van der Waals surface area (Å²) in [7, 11) is 0. The standard InChI is InChI=1S/C14H15NOS/c1-3-5-11-6-4-7-12(8-11)13(16)14-10(2)15-9-17-14/h4,6-9H,3,5H2,1-2H3. The number of nitrogens with zero attached hydrogens (tertiary/aromatic N) is 1. The van der Waals surface area contributed by atoms with Crippen LogP contribution in [0.15, 0.2) is 29.8 Å². The number of benzene rings is 1. The monoisotopic (exact) mass is 245 g/mol. The predicted molar refractivity (Wildman–Crippen MR) is 70.7 cm³/mol. The number of rotatable bonds is 4. The van der Waals surface area contributed by atoms with Gasteiger partial charge in [0.2, 0.25) is 5.78 Å². The summed E-state index contributed by atoms with van der Waals surface area (Å²) >= 11 is 1.41. The van der Waals surface area contributed by atoms with Crippen molar-refractivity contribution in [2.45, 2.75) is 26.7 Å². The Bertz CT molecular complexity index is 531. The minimum absolute atomic E-state index is 0.0861. The van der Waals surface area contributed by atoms with Gasteiger partial charge in [0.1, 0.15) is 0 Å². The molecule has 88 valence electrons. The highest BCUT2D eigenvalue weighted by Gasteiger charge is 2.14. The lowest BCUT2D eigenvalue weighted by molar-refractivity contribution is 0.104. The number of hydrogen-bond acceptors (Lipinski definition) is 3. The number of aromatic nitrogens is 1.